The maximum atomic E-state index is 13.2. The van der Waals surface area contributed by atoms with Crippen molar-refractivity contribution in [2.75, 3.05) is 20.1 Å². The molecule has 2 aromatic rings. The molecule has 0 unspecified atom stereocenters. The van der Waals surface area contributed by atoms with Gasteiger partial charge in [-0.05, 0) is 49.2 Å². The molecule has 3 nitrogen and oxygen atoms in total. The lowest BCUT2D eigenvalue weighted by Gasteiger charge is -2.39. The summed E-state index contributed by atoms with van der Waals surface area (Å²) < 4.78 is 79.1. The largest absolute Gasteiger partial charge is 0.416 e. The third-order valence-corrected chi connectivity index (χ3v) is 5.69. The molecule has 1 aliphatic rings. The molecule has 0 saturated carbocycles. The Hall–Kier alpha value is -2.55. The Kier molecular flexibility index (Phi) is 6.36. The fourth-order valence-corrected chi connectivity index (χ4v) is 4.06. The van der Waals surface area contributed by atoms with Gasteiger partial charge in [-0.3, -0.25) is 4.79 Å². The quantitative estimate of drug-likeness (QED) is 0.656. The Morgan fingerprint density at radius 2 is 1.58 bits per heavy atom. The highest BCUT2D eigenvalue weighted by molar-refractivity contribution is 5.94. The third kappa shape index (κ3) is 5.03. The highest BCUT2D eigenvalue weighted by Gasteiger charge is 2.39. The van der Waals surface area contributed by atoms with Crippen LogP contribution in [0, 0.1) is 6.92 Å². The minimum atomic E-state index is -5.01. The number of rotatable bonds is 3. The van der Waals surface area contributed by atoms with Crippen molar-refractivity contribution in [2.45, 2.75) is 37.7 Å². The standard InChI is InChI=1S/C22H22F6N2O/c1-13-5-3-4-6-17(13)18-12-29-8-7-19(18)30(2)20(31)14-9-15(21(23,24)25)11-16(10-14)22(26,27)28/h3-6,9-11,18-19,29H,7-8,12H2,1-2H3/t18-,19+/m0/s1. The summed E-state index contributed by atoms with van der Waals surface area (Å²) in [7, 11) is 1.43. The van der Waals surface area contributed by atoms with E-state index in [9.17, 15) is 31.1 Å². The van der Waals surface area contributed by atoms with Gasteiger partial charge in [-0.2, -0.15) is 26.3 Å². The minimum absolute atomic E-state index is 0.0252. The molecule has 0 bridgehead atoms. The van der Waals surface area contributed by atoms with E-state index in [-0.39, 0.29) is 18.0 Å². The van der Waals surface area contributed by atoms with E-state index in [1.807, 2.05) is 31.2 Å². The van der Waals surface area contributed by atoms with Gasteiger partial charge in [0, 0.05) is 31.1 Å². The highest BCUT2D eigenvalue weighted by atomic mass is 19.4. The fraction of sp³-hybridized carbons (Fsp3) is 0.409. The number of aryl methyl sites for hydroxylation is 1. The molecule has 1 heterocycles. The van der Waals surface area contributed by atoms with Crippen LogP contribution in [0.1, 0.15) is 45.0 Å². The number of hydrogen-bond donors (Lipinski definition) is 1. The van der Waals surface area contributed by atoms with Crippen molar-refractivity contribution < 1.29 is 31.1 Å². The number of likely N-dealkylation sites (N-methyl/N-ethyl adjacent to an activating group) is 1. The molecule has 1 amide bonds. The molecular weight excluding hydrogens is 422 g/mol. The number of amides is 1. The summed E-state index contributed by atoms with van der Waals surface area (Å²) in [5, 5.41) is 3.25. The van der Waals surface area contributed by atoms with Gasteiger partial charge in [0.1, 0.15) is 0 Å². The van der Waals surface area contributed by atoms with Crippen LogP contribution in [0.2, 0.25) is 0 Å². The predicted molar refractivity (Wildman–Crippen MR) is 104 cm³/mol. The van der Waals surface area contributed by atoms with Crippen LogP contribution in [0.3, 0.4) is 0 Å². The Bertz CT molecular complexity index is 921. The second-order valence-electron chi connectivity index (χ2n) is 7.73. The molecule has 1 aliphatic heterocycles. The lowest BCUT2D eigenvalue weighted by Crippen LogP contribution is -2.49. The van der Waals surface area contributed by atoms with Gasteiger partial charge < -0.3 is 10.2 Å². The van der Waals surface area contributed by atoms with Crippen LogP contribution in [-0.4, -0.2) is 37.0 Å². The van der Waals surface area contributed by atoms with E-state index in [0.717, 1.165) is 11.1 Å². The maximum absolute atomic E-state index is 13.2. The molecule has 1 N–H and O–H groups in total. The molecule has 31 heavy (non-hydrogen) atoms. The molecule has 1 saturated heterocycles. The van der Waals surface area contributed by atoms with E-state index >= 15 is 0 Å². The molecular formula is C22H22F6N2O. The summed E-state index contributed by atoms with van der Waals surface area (Å²) in [5.41, 5.74) is -1.65. The van der Waals surface area contributed by atoms with E-state index in [4.69, 9.17) is 0 Å². The number of piperidine rings is 1. The van der Waals surface area contributed by atoms with Crippen molar-refractivity contribution in [1.82, 2.24) is 10.2 Å². The summed E-state index contributed by atoms with van der Waals surface area (Å²) in [6.07, 6.45) is -9.49. The Balaban J connectivity index is 1.98. The number of halogens is 6. The van der Waals surface area contributed by atoms with Crippen molar-refractivity contribution in [3.63, 3.8) is 0 Å². The molecule has 2 atom stereocenters. The predicted octanol–water partition coefficient (Wildman–Crippen LogP) is 5.25. The van der Waals surface area contributed by atoms with Gasteiger partial charge in [0.15, 0.2) is 0 Å². The lowest BCUT2D eigenvalue weighted by molar-refractivity contribution is -0.143. The van der Waals surface area contributed by atoms with E-state index < -0.39 is 35.0 Å². The van der Waals surface area contributed by atoms with Gasteiger partial charge in [-0.25, -0.2) is 0 Å². The molecule has 0 radical (unpaired) electrons. The first-order valence-electron chi connectivity index (χ1n) is 9.72. The molecule has 0 aliphatic carbocycles. The number of nitrogens with zero attached hydrogens (tertiary/aromatic N) is 1. The fourth-order valence-electron chi connectivity index (χ4n) is 4.06. The zero-order chi connectivity index (χ0) is 23.0. The Morgan fingerprint density at radius 3 is 2.13 bits per heavy atom. The summed E-state index contributed by atoms with van der Waals surface area (Å²) in [4.78, 5) is 14.3. The first kappa shape index (κ1) is 23.1. The van der Waals surface area contributed by atoms with Crippen molar-refractivity contribution in [3.05, 3.63) is 70.3 Å². The summed E-state index contributed by atoms with van der Waals surface area (Å²) >= 11 is 0. The van der Waals surface area contributed by atoms with E-state index in [1.54, 1.807) is 0 Å². The monoisotopic (exact) mass is 444 g/mol. The first-order valence-corrected chi connectivity index (χ1v) is 9.72. The second-order valence-corrected chi connectivity index (χ2v) is 7.73. The van der Waals surface area contributed by atoms with Gasteiger partial charge in [-0.15, -0.1) is 0 Å². The average molecular weight is 444 g/mol. The Labute approximate surface area is 176 Å². The van der Waals surface area contributed by atoms with Crippen molar-refractivity contribution in [3.8, 4) is 0 Å². The number of hydrogen-bond acceptors (Lipinski definition) is 2. The minimum Gasteiger partial charge on any atom is -0.338 e. The molecule has 3 rings (SSSR count). The number of nitrogens with one attached hydrogen (secondary N) is 1. The van der Waals surface area contributed by atoms with Gasteiger partial charge in [0.25, 0.3) is 5.91 Å². The zero-order valence-electron chi connectivity index (χ0n) is 16.9. The van der Waals surface area contributed by atoms with E-state index in [1.165, 1.54) is 11.9 Å². The number of benzene rings is 2. The second kappa shape index (κ2) is 8.53. The van der Waals surface area contributed by atoms with Crippen LogP contribution >= 0.6 is 0 Å². The number of alkyl halides is 6. The van der Waals surface area contributed by atoms with E-state index in [0.29, 0.717) is 31.6 Å². The van der Waals surface area contributed by atoms with Crippen LogP contribution < -0.4 is 5.32 Å². The van der Waals surface area contributed by atoms with Gasteiger partial charge >= 0.3 is 12.4 Å². The van der Waals surface area contributed by atoms with Crippen LogP contribution in [0.5, 0.6) is 0 Å². The third-order valence-electron chi connectivity index (χ3n) is 5.69. The molecule has 2 aromatic carbocycles. The van der Waals surface area contributed by atoms with Crippen LogP contribution in [-0.2, 0) is 12.4 Å². The van der Waals surface area contributed by atoms with Crippen molar-refractivity contribution >= 4 is 5.91 Å². The van der Waals surface area contributed by atoms with Crippen LogP contribution in [0.25, 0.3) is 0 Å². The van der Waals surface area contributed by atoms with Crippen molar-refractivity contribution in [1.29, 1.82) is 0 Å². The highest BCUT2D eigenvalue weighted by Crippen LogP contribution is 2.37. The number of carbonyl (C=O) groups excluding carboxylic acids is 1. The van der Waals surface area contributed by atoms with Crippen molar-refractivity contribution in [2.24, 2.45) is 0 Å². The molecule has 0 spiro atoms. The van der Waals surface area contributed by atoms with Gasteiger partial charge in [0.05, 0.1) is 11.1 Å². The van der Waals surface area contributed by atoms with Crippen LogP contribution in [0.15, 0.2) is 42.5 Å². The number of carbonyl (C=O) groups is 1. The van der Waals surface area contributed by atoms with Gasteiger partial charge in [-0.1, -0.05) is 24.3 Å². The summed E-state index contributed by atoms with van der Waals surface area (Å²) in [5.74, 6) is -1.01. The van der Waals surface area contributed by atoms with E-state index in [2.05, 4.69) is 5.32 Å². The summed E-state index contributed by atoms with van der Waals surface area (Å²) in [6.45, 7) is 3.05. The summed E-state index contributed by atoms with van der Waals surface area (Å²) in [6, 6.07) is 8.19. The average Bonchev–Trinajstić information content (AvgIpc) is 2.71. The maximum Gasteiger partial charge on any atom is 0.416 e. The molecule has 9 heteroatoms. The normalized spacial score (nSPS) is 19.9. The smallest absolute Gasteiger partial charge is 0.338 e. The Morgan fingerprint density at radius 1 is 1.00 bits per heavy atom. The lowest BCUT2D eigenvalue weighted by atomic mass is 9.83. The molecule has 1 fully saturated rings. The van der Waals surface area contributed by atoms with Crippen LogP contribution in [0.4, 0.5) is 26.3 Å². The van der Waals surface area contributed by atoms with Gasteiger partial charge in [0.2, 0.25) is 0 Å². The topological polar surface area (TPSA) is 32.3 Å². The molecule has 168 valence electrons. The zero-order valence-corrected chi connectivity index (χ0v) is 16.9. The first-order chi connectivity index (χ1) is 14.4. The SMILES string of the molecule is Cc1ccccc1[C@@H]1CNCC[C@H]1N(C)C(=O)c1cc(C(F)(F)F)cc(C(F)(F)F)c1. The molecule has 0 aromatic heterocycles.